The molecule has 1 heterocycles. The third-order valence-electron chi connectivity index (χ3n) is 3.21. The van der Waals surface area contributed by atoms with E-state index in [0.29, 0.717) is 19.8 Å². The fourth-order valence-electron chi connectivity index (χ4n) is 2.28. The molecule has 2 atom stereocenters. The van der Waals surface area contributed by atoms with Crippen LogP contribution in [0.4, 0.5) is 0 Å². The van der Waals surface area contributed by atoms with Crippen molar-refractivity contribution in [1.29, 1.82) is 0 Å². The maximum absolute atomic E-state index is 11.4. The summed E-state index contributed by atoms with van der Waals surface area (Å²) in [5.74, 6) is 0.0243. The highest BCUT2D eigenvalue weighted by molar-refractivity contribution is 5.81. The van der Waals surface area contributed by atoms with E-state index >= 15 is 0 Å². The predicted octanol–water partition coefficient (Wildman–Crippen LogP) is 0.0637. The van der Waals surface area contributed by atoms with Gasteiger partial charge in [0, 0.05) is 13.2 Å². The SMILES string of the molecule is COCCOCC1CCCN1C(CO)C(C)=O. The van der Waals surface area contributed by atoms with Crippen LogP contribution >= 0.6 is 0 Å². The van der Waals surface area contributed by atoms with Crippen LogP contribution in [0, 0.1) is 0 Å². The van der Waals surface area contributed by atoms with Gasteiger partial charge >= 0.3 is 0 Å². The van der Waals surface area contributed by atoms with E-state index in [9.17, 15) is 9.90 Å². The van der Waals surface area contributed by atoms with Crippen LogP contribution in [0.1, 0.15) is 19.8 Å². The van der Waals surface area contributed by atoms with Crippen molar-refractivity contribution in [3.63, 3.8) is 0 Å². The van der Waals surface area contributed by atoms with Crippen LogP contribution in [0.3, 0.4) is 0 Å². The summed E-state index contributed by atoms with van der Waals surface area (Å²) >= 11 is 0. The molecule has 2 unspecified atom stereocenters. The van der Waals surface area contributed by atoms with Crippen LogP contribution in [0.5, 0.6) is 0 Å². The molecule has 1 aliphatic heterocycles. The van der Waals surface area contributed by atoms with E-state index in [1.54, 1.807) is 7.11 Å². The predicted molar refractivity (Wildman–Crippen MR) is 64.0 cm³/mol. The number of methoxy groups -OCH3 is 1. The Hall–Kier alpha value is -0.490. The molecule has 1 saturated heterocycles. The molecule has 1 rings (SSSR count). The van der Waals surface area contributed by atoms with Crippen LogP contribution in [-0.2, 0) is 14.3 Å². The van der Waals surface area contributed by atoms with Crippen molar-refractivity contribution in [2.24, 2.45) is 0 Å². The van der Waals surface area contributed by atoms with E-state index < -0.39 is 0 Å². The zero-order valence-corrected chi connectivity index (χ0v) is 10.7. The number of aliphatic hydroxyl groups excluding tert-OH is 1. The summed E-state index contributed by atoms with van der Waals surface area (Å²) in [7, 11) is 1.64. The molecule has 0 spiro atoms. The van der Waals surface area contributed by atoms with E-state index in [1.807, 2.05) is 0 Å². The third-order valence-corrected chi connectivity index (χ3v) is 3.21. The van der Waals surface area contributed by atoms with Gasteiger partial charge in [-0.1, -0.05) is 0 Å². The second kappa shape index (κ2) is 7.76. The summed E-state index contributed by atoms with van der Waals surface area (Å²) in [6.45, 7) is 4.05. The standard InChI is InChI=1S/C12H23NO4/c1-10(15)12(8-14)13-5-3-4-11(13)9-17-7-6-16-2/h11-12,14H,3-9H2,1-2H3. The van der Waals surface area contributed by atoms with E-state index in [4.69, 9.17) is 9.47 Å². The number of carbonyl (C=O) groups is 1. The first kappa shape index (κ1) is 14.6. The first-order valence-electron chi connectivity index (χ1n) is 6.14. The fourth-order valence-corrected chi connectivity index (χ4v) is 2.28. The Morgan fingerprint density at radius 2 is 2.29 bits per heavy atom. The van der Waals surface area contributed by atoms with Crippen LogP contribution in [-0.4, -0.2) is 68.0 Å². The largest absolute Gasteiger partial charge is 0.394 e. The maximum atomic E-state index is 11.4. The lowest BCUT2D eigenvalue weighted by Gasteiger charge is -2.30. The third kappa shape index (κ3) is 4.35. The monoisotopic (exact) mass is 245 g/mol. The molecule has 17 heavy (non-hydrogen) atoms. The van der Waals surface area contributed by atoms with Crippen molar-refractivity contribution < 1.29 is 19.4 Å². The van der Waals surface area contributed by atoms with Gasteiger partial charge in [0.05, 0.1) is 32.5 Å². The molecule has 1 aliphatic rings. The molecule has 0 aromatic rings. The number of aliphatic hydroxyl groups is 1. The van der Waals surface area contributed by atoms with E-state index in [-0.39, 0.29) is 24.5 Å². The summed E-state index contributed by atoms with van der Waals surface area (Å²) < 4.78 is 10.4. The number of hydrogen-bond acceptors (Lipinski definition) is 5. The van der Waals surface area contributed by atoms with Crippen LogP contribution in [0.15, 0.2) is 0 Å². The Labute approximate surface area is 103 Å². The van der Waals surface area contributed by atoms with Gasteiger partial charge in [0.1, 0.15) is 5.78 Å². The van der Waals surface area contributed by atoms with E-state index in [1.165, 1.54) is 6.92 Å². The average Bonchev–Trinajstić information content (AvgIpc) is 2.73. The first-order valence-corrected chi connectivity index (χ1v) is 6.14. The van der Waals surface area contributed by atoms with Crippen LogP contribution < -0.4 is 0 Å². The maximum Gasteiger partial charge on any atom is 0.149 e. The molecule has 0 aliphatic carbocycles. The molecular formula is C12H23NO4. The van der Waals surface area contributed by atoms with Gasteiger partial charge in [0.15, 0.2) is 0 Å². The highest BCUT2D eigenvalue weighted by atomic mass is 16.5. The van der Waals surface area contributed by atoms with Crippen molar-refractivity contribution in [1.82, 2.24) is 4.90 Å². The molecule has 0 bridgehead atoms. The van der Waals surface area contributed by atoms with Crippen molar-refractivity contribution >= 4 is 5.78 Å². The van der Waals surface area contributed by atoms with Gasteiger partial charge in [-0.2, -0.15) is 0 Å². The smallest absolute Gasteiger partial charge is 0.149 e. The molecule has 0 amide bonds. The number of nitrogens with zero attached hydrogens (tertiary/aromatic N) is 1. The minimum Gasteiger partial charge on any atom is -0.394 e. The van der Waals surface area contributed by atoms with Gasteiger partial charge in [-0.05, 0) is 26.3 Å². The van der Waals surface area contributed by atoms with Gasteiger partial charge in [-0.15, -0.1) is 0 Å². The zero-order chi connectivity index (χ0) is 12.7. The number of rotatable bonds is 8. The highest BCUT2D eigenvalue weighted by Gasteiger charge is 2.32. The second-order valence-electron chi connectivity index (χ2n) is 4.41. The lowest BCUT2D eigenvalue weighted by molar-refractivity contribution is -0.124. The Bertz CT molecular complexity index is 235. The first-order chi connectivity index (χ1) is 8.20. The van der Waals surface area contributed by atoms with E-state index in [0.717, 1.165) is 19.4 Å². The van der Waals surface area contributed by atoms with Gasteiger partial charge in [0.25, 0.3) is 0 Å². The molecule has 1 fully saturated rings. The fraction of sp³-hybridized carbons (Fsp3) is 0.917. The average molecular weight is 245 g/mol. The van der Waals surface area contributed by atoms with Gasteiger partial charge < -0.3 is 14.6 Å². The molecule has 5 heteroatoms. The molecule has 0 saturated carbocycles. The summed E-state index contributed by atoms with van der Waals surface area (Å²) in [6.07, 6.45) is 2.08. The molecule has 0 radical (unpaired) electrons. The van der Waals surface area contributed by atoms with Crippen LogP contribution in [0.2, 0.25) is 0 Å². The summed E-state index contributed by atoms with van der Waals surface area (Å²) in [5, 5.41) is 9.26. The zero-order valence-electron chi connectivity index (χ0n) is 10.7. The number of ketones is 1. The topological polar surface area (TPSA) is 59.0 Å². The molecule has 5 nitrogen and oxygen atoms in total. The number of Topliss-reactive ketones (excluding diaryl/α,β-unsaturated/α-hetero) is 1. The van der Waals surface area contributed by atoms with Crippen LogP contribution in [0.25, 0.3) is 0 Å². The van der Waals surface area contributed by atoms with Crippen molar-refractivity contribution in [2.45, 2.75) is 31.8 Å². The van der Waals surface area contributed by atoms with Crippen molar-refractivity contribution in [3.8, 4) is 0 Å². The minimum atomic E-state index is -0.367. The molecule has 0 aromatic carbocycles. The van der Waals surface area contributed by atoms with Gasteiger partial charge in [0.2, 0.25) is 0 Å². The minimum absolute atomic E-state index is 0.0243. The van der Waals surface area contributed by atoms with Crippen molar-refractivity contribution in [3.05, 3.63) is 0 Å². The lowest BCUT2D eigenvalue weighted by atomic mass is 10.1. The Kier molecular flexibility index (Phi) is 6.65. The highest BCUT2D eigenvalue weighted by Crippen LogP contribution is 2.20. The number of hydrogen-bond donors (Lipinski definition) is 1. The molecule has 1 N–H and O–H groups in total. The Morgan fingerprint density at radius 1 is 1.53 bits per heavy atom. The number of likely N-dealkylation sites (tertiary alicyclic amines) is 1. The lowest BCUT2D eigenvalue weighted by Crippen LogP contribution is -2.47. The summed E-state index contributed by atoms with van der Waals surface area (Å²) in [6, 6.07) is -0.124. The molecule has 0 aromatic heterocycles. The second-order valence-corrected chi connectivity index (χ2v) is 4.41. The number of carbonyl (C=O) groups excluding carboxylic acids is 1. The van der Waals surface area contributed by atoms with Gasteiger partial charge in [-0.3, -0.25) is 9.69 Å². The summed E-state index contributed by atoms with van der Waals surface area (Å²) in [4.78, 5) is 13.5. The summed E-state index contributed by atoms with van der Waals surface area (Å²) in [5.41, 5.74) is 0. The molecular weight excluding hydrogens is 222 g/mol. The van der Waals surface area contributed by atoms with Gasteiger partial charge in [-0.25, -0.2) is 0 Å². The Balaban J connectivity index is 2.39. The molecule has 100 valence electrons. The number of ether oxygens (including phenoxy) is 2. The quantitative estimate of drug-likeness (QED) is 0.613. The van der Waals surface area contributed by atoms with E-state index in [2.05, 4.69) is 4.90 Å². The normalized spacial score (nSPS) is 22.9. The Morgan fingerprint density at radius 3 is 2.88 bits per heavy atom. The van der Waals surface area contributed by atoms with Crippen molar-refractivity contribution in [2.75, 3.05) is 40.1 Å².